The summed E-state index contributed by atoms with van der Waals surface area (Å²) in [7, 11) is 0. The van der Waals surface area contributed by atoms with Crippen LogP contribution in [0.15, 0.2) is 35.5 Å². The zero-order chi connectivity index (χ0) is 9.10. The number of rotatable bonds is 2. The number of hydrogen-bond acceptors (Lipinski definition) is 3. The quantitative estimate of drug-likeness (QED) is 0.527. The van der Waals surface area contributed by atoms with Crippen LogP contribution in [0.4, 0.5) is 0 Å². The Bertz CT molecular complexity index is 400. The van der Waals surface area contributed by atoms with Crippen LogP contribution in [0, 0.1) is 0 Å². The monoisotopic (exact) mass is 191 g/mol. The lowest BCUT2D eigenvalue weighted by atomic mass is 10.3. The zero-order valence-electron chi connectivity index (χ0n) is 7.23. The van der Waals surface area contributed by atoms with Gasteiger partial charge in [-0.15, -0.1) is 0 Å². The van der Waals surface area contributed by atoms with Crippen molar-refractivity contribution < 1.29 is 4.84 Å². The van der Waals surface area contributed by atoms with Gasteiger partial charge in [-0.3, -0.25) is 0 Å². The summed E-state index contributed by atoms with van der Waals surface area (Å²) in [5, 5.41) is 5.76. The number of thiophene rings is 1. The van der Waals surface area contributed by atoms with Crippen molar-refractivity contribution >= 4 is 27.6 Å². The smallest absolute Gasteiger partial charge is 0.212 e. The first-order valence-electron chi connectivity index (χ1n) is 4.04. The molecule has 0 atom stereocenters. The topological polar surface area (TPSA) is 21.6 Å². The Morgan fingerprint density at radius 2 is 2.23 bits per heavy atom. The number of oxime groups is 1. The summed E-state index contributed by atoms with van der Waals surface area (Å²) in [6.07, 6.45) is 1.63. The van der Waals surface area contributed by atoms with Gasteiger partial charge < -0.3 is 4.84 Å². The van der Waals surface area contributed by atoms with Gasteiger partial charge in [-0.25, -0.2) is 0 Å². The van der Waals surface area contributed by atoms with E-state index >= 15 is 0 Å². The maximum Gasteiger partial charge on any atom is 0.212 e. The average molecular weight is 191 g/mol. The normalized spacial score (nSPS) is 11.2. The second-order valence-electron chi connectivity index (χ2n) is 2.56. The molecule has 0 unspecified atom stereocenters. The lowest BCUT2D eigenvalue weighted by Gasteiger charge is -1.87. The van der Waals surface area contributed by atoms with Gasteiger partial charge in [-0.1, -0.05) is 34.7 Å². The molecule has 13 heavy (non-hydrogen) atoms. The van der Waals surface area contributed by atoms with Gasteiger partial charge in [0.1, 0.15) is 0 Å². The number of hydrogen-bond donors (Lipinski definition) is 0. The molecule has 66 valence electrons. The molecule has 1 heterocycles. The van der Waals surface area contributed by atoms with Crippen LogP contribution in [0.5, 0.6) is 5.06 Å². The summed E-state index contributed by atoms with van der Waals surface area (Å²) in [5.41, 5.74) is 0. The van der Waals surface area contributed by atoms with Crippen molar-refractivity contribution in [2.75, 3.05) is 0 Å². The first kappa shape index (κ1) is 8.26. The van der Waals surface area contributed by atoms with E-state index in [0.29, 0.717) is 0 Å². The molecule has 0 spiro atoms. The molecular formula is C10H9NOS. The minimum atomic E-state index is 0.833. The third-order valence-electron chi connectivity index (χ3n) is 1.65. The fraction of sp³-hybridized carbons (Fsp3) is 0.100. The van der Waals surface area contributed by atoms with Gasteiger partial charge in [0.2, 0.25) is 5.06 Å². The summed E-state index contributed by atoms with van der Waals surface area (Å²) in [6, 6.07) is 10.2. The van der Waals surface area contributed by atoms with Crippen LogP contribution < -0.4 is 4.84 Å². The van der Waals surface area contributed by atoms with Crippen LogP contribution in [0.3, 0.4) is 0 Å². The van der Waals surface area contributed by atoms with E-state index in [2.05, 4.69) is 17.3 Å². The van der Waals surface area contributed by atoms with Crippen molar-refractivity contribution in [3.8, 4) is 5.06 Å². The molecule has 0 aliphatic carbocycles. The molecule has 0 aliphatic heterocycles. The molecule has 0 radical (unpaired) electrons. The number of fused-ring (bicyclic) bond motifs is 1. The molecule has 2 rings (SSSR count). The standard InChI is InChI=1S/C10H9NOS/c1-2-11-12-10-7-8-5-3-4-6-9(8)13-10/h2-7H,1H3/b11-2+. The minimum absolute atomic E-state index is 0.833. The Balaban J connectivity index is 2.38. The van der Waals surface area contributed by atoms with Crippen molar-refractivity contribution in [3.63, 3.8) is 0 Å². The first-order chi connectivity index (χ1) is 6.40. The molecule has 0 bridgehead atoms. The first-order valence-corrected chi connectivity index (χ1v) is 4.85. The molecule has 0 fully saturated rings. The molecule has 3 heteroatoms. The third kappa shape index (κ3) is 1.70. The predicted molar refractivity (Wildman–Crippen MR) is 56.6 cm³/mol. The molecule has 2 aromatic rings. The van der Waals surface area contributed by atoms with Gasteiger partial charge in [0, 0.05) is 17.0 Å². The molecule has 1 aromatic carbocycles. The summed E-state index contributed by atoms with van der Waals surface area (Å²) >= 11 is 1.60. The second kappa shape index (κ2) is 3.58. The van der Waals surface area contributed by atoms with Gasteiger partial charge in [0.05, 0.1) is 0 Å². The van der Waals surface area contributed by atoms with Crippen LogP contribution in [0.25, 0.3) is 10.1 Å². The summed E-state index contributed by atoms with van der Waals surface area (Å²) in [6.45, 7) is 1.83. The Morgan fingerprint density at radius 3 is 3.00 bits per heavy atom. The molecule has 0 aliphatic rings. The third-order valence-corrected chi connectivity index (χ3v) is 2.64. The maximum atomic E-state index is 5.13. The van der Waals surface area contributed by atoms with E-state index in [1.54, 1.807) is 17.6 Å². The maximum absolute atomic E-state index is 5.13. The SMILES string of the molecule is C/C=N/Oc1cc2ccccc2s1. The average Bonchev–Trinajstić information content (AvgIpc) is 2.57. The van der Waals surface area contributed by atoms with Gasteiger partial charge >= 0.3 is 0 Å². The van der Waals surface area contributed by atoms with E-state index in [1.165, 1.54) is 10.1 Å². The lowest BCUT2D eigenvalue weighted by molar-refractivity contribution is 0.354. The molecule has 0 saturated heterocycles. The molecule has 2 nitrogen and oxygen atoms in total. The van der Waals surface area contributed by atoms with E-state index in [1.807, 2.05) is 25.1 Å². The number of benzene rings is 1. The van der Waals surface area contributed by atoms with Crippen LogP contribution in [0.2, 0.25) is 0 Å². The van der Waals surface area contributed by atoms with E-state index in [0.717, 1.165) is 5.06 Å². The molecule has 0 saturated carbocycles. The highest BCUT2D eigenvalue weighted by atomic mass is 32.1. The van der Waals surface area contributed by atoms with Gasteiger partial charge in [-0.2, -0.15) is 0 Å². The van der Waals surface area contributed by atoms with Gasteiger partial charge in [-0.05, 0) is 18.4 Å². The summed E-state index contributed by atoms with van der Waals surface area (Å²) in [4.78, 5) is 5.13. The largest absolute Gasteiger partial charge is 0.346 e. The Hall–Kier alpha value is -1.35. The van der Waals surface area contributed by atoms with Crippen LogP contribution in [-0.4, -0.2) is 6.21 Å². The lowest BCUT2D eigenvalue weighted by Crippen LogP contribution is -1.76. The molecular weight excluding hydrogens is 182 g/mol. The minimum Gasteiger partial charge on any atom is -0.346 e. The predicted octanol–water partition coefficient (Wildman–Crippen LogP) is 3.29. The molecule has 0 amide bonds. The van der Waals surface area contributed by atoms with Crippen molar-refractivity contribution in [1.29, 1.82) is 0 Å². The highest BCUT2D eigenvalue weighted by molar-refractivity contribution is 7.20. The van der Waals surface area contributed by atoms with E-state index in [9.17, 15) is 0 Å². The van der Waals surface area contributed by atoms with Crippen molar-refractivity contribution in [2.45, 2.75) is 6.92 Å². The number of nitrogens with zero attached hydrogens (tertiary/aromatic N) is 1. The van der Waals surface area contributed by atoms with E-state index in [-0.39, 0.29) is 0 Å². The van der Waals surface area contributed by atoms with Crippen molar-refractivity contribution in [2.24, 2.45) is 5.16 Å². The highest BCUT2D eigenvalue weighted by Crippen LogP contribution is 2.31. The van der Waals surface area contributed by atoms with Crippen molar-refractivity contribution in [3.05, 3.63) is 30.3 Å². The van der Waals surface area contributed by atoms with Crippen LogP contribution in [-0.2, 0) is 0 Å². The fourth-order valence-corrected chi connectivity index (χ4v) is 1.98. The second-order valence-corrected chi connectivity index (χ2v) is 3.60. The zero-order valence-corrected chi connectivity index (χ0v) is 8.04. The van der Waals surface area contributed by atoms with Crippen LogP contribution in [0.1, 0.15) is 6.92 Å². The van der Waals surface area contributed by atoms with E-state index < -0.39 is 0 Å². The van der Waals surface area contributed by atoms with Crippen molar-refractivity contribution in [1.82, 2.24) is 0 Å². The Morgan fingerprint density at radius 1 is 1.38 bits per heavy atom. The Labute approximate surface area is 80.4 Å². The molecule has 1 aromatic heterocycles. The fourth-order valence-electron chi connectivity index (χ4n) is 1.11. The molecule has 0 N–H and O–H groups in total. The van der Waals surface area contributed by atoms with Gasteiger partial charge in [0.25, 0.3) is 0 Å². The van der Waals surface area contributed by atoms with Crippen LogP contribution >= 0.6 is 11.3 Å². The summed E-state index contributed by atoms with van der Waals surface area (Å²) in [5.74, 6) is 0. The Kier molecular flexibility index (Phi) is 2.27. The van der Waals surface area contributed by atoms with E-state index in [4.69, 9.17) is 4.84 Å². The summed E-state index contributed by atoms with van der Waals surface area (Å²) < 4.78 is 1.23. The highest BCUT2D eigenvalue weighted by Gasteiger charge is 2.00. The van der Waals surface area contributed by atoms with Gasteiger partial charge in [0.15, 0.2) is 0 Å².